The van der Waals surface area contributed by atoms with Crippen LogP contribution in [-0.2, 0) is 6.54 Å². The van der Waals surface area contributed by atoms with E-state index < -0.39 is 0 Å². The molecule has 0 bridgehead atoms. The van der Waals surface area contributed by atoms with E-state index in [4.69, 9.17) is 23.8 Å². The minimum Gasteiger partial charge on any atom is -0.331 e. The molecule has 0 amide bonds. The second-order valence-corrected chi connectivity index (χ2v) is 5.28. The van der Waals surface area contributed by atoms with E-state index in [1.54, 1.807) is 0 Å². The molecule has 2 aromatic rings. The van der Waals surface area contributed by atoms with Crippen LogP contribution in [0, 0.1) is 4.77 Å². The number of para-hydroxylation sites is 1. The number of fused-ring (bicyclic) bond motifs is 1. The summed E-state index contributed by atoms with van der Waals surface area (Å²) in [5.74, 6) is 0. The Bertz CT molecular complexity index is 585. The molecular weight excluding hydrogens is 254 g/mol. The zero-order valence-electron chi connectivity index (χ0n) is 10.2. The summed E-state index contributed by atoms with van der Waals surface area (Å²) in [5, 5.41) is 0.737. The van der Waals surface area contributed by atoms with Crippen molar-refractivity contribution in [2.75, 3.05) is 14.1 Å². The summed E-state index contributed by atoms with van der Waals surface area (Å²) >= 11 is 11.6. The van der Waals surface area contributed by atoms with Crippen LogP contribution in [0.5, 0.6) is 0 Å². The van der Waals surface area contributed by atoms with Gasteiger partial charge < -0.3 is 14.5 Å². The van der Waals surface area contributed by atoms with Gasteiger partial charge in [-0.2, -0.15) is 0 Å². The first-order chi connectivity index (χ1) is 8.00. The van der Waals surface area contributed by atoms with Crippen LogP contribution in [0.3, 0.4) is 0 Å². The van der Waals surface area contributed by atoms with Gasteiger partial charge in [-0.3, -0.25) is 0 Å². The van der Waals surface area contributed by atoms with E-state index in [-0.39, 0.29) is 0 Å². The van der Waals surface area contributed by atoms with Crippen LogP contribution in [0.25, 0.3) is 11.0 Å². The van der Waals surface area contributed by atoms with Gasteiger partial charge in [-0.05, 0) is 45.4 Å². The molecule has 0 saturated heterocycles. The van der Waals surface area contributed by atoms with E-state index in [9.17, 15) is 0 Å². The third-order valence-corrected chi connectivity index (χ3v) is 3.70. The van der Waals surface area contributed by atoms with Crippen molar-refractivity contribution in [3.63, 3.8) is 0 Å². The maximum absolute atomic E-state index is 6.24. The van der Waals surface area contributed by atoms with Gasteiger partial charge in [-0.15, -0.1) is 0 Å². The molecular formula is C12H16ClN3S. The molecule has 1 aromatic heterocycles. The Balaban J connectivity index is 2.53. The Morgan fingerprint density at radius 1 is 1.47 bits per heavy atom. The molecule has 0 fully saturated rings. The Labute approximate surface area is 111 Å². The number of benzene rings is 1. The molecule has 92 valence electrons. The molecule has 0 saturated carbocycles. The van der Waals surface area contributed by atoms with Gasteiger partial charge in [0.1, 0.15) is 0 Å². The SMILES string of the molecule is CC(Cn1c(=S)[nH]c2cccc(Cl)c21)N(C)C. The van der Waals surface area contributed by atoms with Crippen LogP contribution in [0.2, 0.25) is 5.02 Å². The van der Waals surface area contributed by atoms with Gasteiger partial charge in [0, 0.05) is 12.6 Å². The van der Waals surface area contributed by atoms with Gasteiger partial charge in [0.2, 0.25) is 0 Å². The Morgan fingerprint density at radius 2 is 2.18 bits per heavy atom. The number of H-pyrrole nitrogens is 1. The molecule has 1 aromatic carbocycles. The van der Waals surface area contributed by atoms with Gasteiger partial charge in [0.25, 0.3) is 0 Å². The second-order valence-electron chi connectivity index (χ2n) is 4.49. The van der Waals surface area contributed by atoms with Crippen LogP contribution in [-0.4, -0.2) is 34.6 Å². The van der Waals surface area contributed by atoms with E-state index in [1.165, 1.54) is 0 Å². The molecule has 1 N–H and O–H groups in total. The number of rotatable bonds is 3. The number of halogens is 1. The van der Waals surface area contributed by atoms with Crippen LogP contribution in [0.4, 0.5) is 0 Å². The molecule has 1 unspecified atom stereocenters. The molecule has 0 aliphatic carbocycles. The van der Waals surface area contributed by atoms with Crippen molar-refractivity contribution < 1.29 is 0 Å². The second kappa shape index (κ2) is 4.80. The lowest BCUT2D eigenvalue weighted by Gasteiger charge is -2.20. The average molecular weight is 270 g/mol. The van der Waals surface area contributed by atoms with Crippen molar-refractivity contribution in [1.82, 2.24) is 14.5 Å². The highest BCUT2D eigenvalue weighted by atomic mass is 35.5. The van der Waals surface area contributed by atoms with Crippen molar-refractivity contribution in [2.45, 2.75) is 19.5 Å². The topological polar surface area (TPSA) is 24.0 Å². The number of imidazole rings is 1. The summed E-state index contributed by atoms with van der Waals surface area (Å²) in [6.07, 6.45) is 0. The minimum absolute atomic E-state index is 0.400. The fraction of sp³-hybridized carbons (Fsp3) is 0.417. The maximum Gasteiger partial charge on any atom is 0.178 e. The van der Waals surface area contributed by atoms with Crippen LogP contribution >= 0.6 is 23.8 Å². The van der Waals surface area contributed by atoms with Crippen LogP contribution in [0.15, 0.2) is 18.2 Å². The van der Waals surface area contributed by atoms with Crippen molar-refractivity contribution in [3.05, 3.63) is 28.0 Å². The Morgan fingerprint density at radius 3 is 2.82 bits per heavy atom. The number of nitrogens with zero attached hydrogens (tertiary/aromatic N) is 2. The quantitative estimate of drug-likeness (QED) is 0.865. The predicted molar refractivity (Wildman–Crippen MR) is 75.3 cm³/mol. The van der Waals surface area contributed by atoms with Crippen LogP contribution in [0.1, 0.15) is 6.92 Å². The predicted octanol–water partition coefficient (Wildman–Crippen LogP) is 3.30. The lowest BCUT2D eigenvalue weighted by molar-refractivity contribution is 0.285. The normalized spacial score (nSPS) is 13.5. The van der Waals surface area contributed by atoms with Gasteiger partial charge in [-0.1, -0.05) is 17.7 Å². The highest BCUT2D eigenvalue weighted by molar-refractivity contribution is 7.71. The van der Waals surface area contributed by atoms with Gasteiger partial charge in [0.05, 0.1) is 16.1 Å². The summed E-state index contributed by atoms with van der Waals surface area (Å²) in [7, 11) is 4.12. The third kappa shape index (κ3) is 2.39. The standard InChI is InChI=1S/C12H16ClN3S/c1-8(15(2)3)7-16-11-9(13)5-4-6-10(11)14-12(16)17/h4-6,8H,7H2,1-3H3,(H,14,17). The lowest BCUT2D eigenvalue weighted by atomic mass is 10.3. The summed E-state index contributed by atoms with van der Waals surface area (Å²) in [6.45, 7) is 2.99. The van der Waals surface area contributed by atoms with E-state index >= 15 is 0 Å². The van der Waals surface area contributed by atoms with Crippen molar-refractivity contribution >= 4 is 34.9 Å². The first kappa shape index (κ1) is 12.6. The summed E-state index contributed by atoms with van der Waals surface area (Å²) in [6, 6.07) is 6.21. The average Bonchev–Trinajstić information content (AvgIpc) is 2.56. The molecule has 0 aliphatic heterocycles. The number of aromatic amines is 1. The van der Waals surface area contributed by atoms with Crippen LogP contribution < -0.4 is 0 Å². The van der Waals surface area contributed by atoms with Crippen molar-refractivity contribution in [3.8, 4) is 0 Å². The number of hydrogen-bond acceptors (Lipinski definition) is 2. The summed E-state index contributed by atoms with van der Waals surface area (Å²) < 4.78 is 2.79. The third-order valence-electron chi connectivity index (χ3n) is 3.07. The van der Waals surface area contributed by atoms with Gasteiger partial charge in [0.15, 0.2) is 4.77 Å². The number of nitrogens with one attached hydrogen (secondary N) is 1. The molecule has 0 radical (unpaired) electrons. The zero-order valence-corrected chi connectivity index (χ0v) is 11.8. The molecule has 17 heavy (non-hydrogen) atoms. The number of aromatic nitrogens is 2. The van der Waals surface area contributed by atoms with Crippen molar-refractivity contribution in [1.29, 1.82) is 0 Å². The summed E-state index contributed by atoms with van der Waals surface area (Å²) in [4.78, 5) is 5.35. The van der Waals surface area contributed by atoms with E-state index in [0.29, 0.717) is 6.04 Å². The first-order valence-corrected chi connectivity index (χ1v) is 6.33. The molecule has 1 heterocycles. The zero-order chi connectivity index (χ0) is 12.6. The van der Waals surface area contributed by atoms with E-state index in [2.05, 4.69) is 35.5 Å². The molecule has 3 nitrogen and oxygen atoms in total. The number of likely N-dealkylation sites (N-methyl/N-ethyl adjacent to an activating group) is 1. The molecule has 5 heteroatoms. The largest absolute Gasteiger partial charge is 0.331 e. The fourth-order valence-corrected chi connectivity index (χ4v) is 2.33. The molecule has 1 atom stereocenters. The number of hydrogen-bond donors (Lipinski definition) is 1. The maximum atomic E-state index is 6.24. The smallest absolute Gasteiger partial charge is 0.178 e. The van der Waals surface area contributed by atoms with E-state index in [1.807, 2.05) is 18.2 Å². The molecule has 0 spiro atoms. The van der Waals surface area contributed by atoms with Gasteiger partial charge in [-0.25, -0.2) is 0 Å². The summed E-state index contributed by atoms with van der Waals surface area (Å²) in [5.41, 5.74) is 1.99. The molecule has 2 rings (SSSR count). The molecule has 0 aliphatic rings. The Kier molecular flexibility index (Phi) is 3.56. The highest BCUT2D eigenvalue weighted by Crippen LogP contribution is 2.23. The van der Waals surface area contributed by atoms with E-state index in [0.717, 1.165) is 27.4 Å². The van der Waals surface area contributed by atoms with Gasteiger partial charge >= 0.3 is 0 Å². The van der Waals surface area contributed by atoms with Crippen molar-refractivity contribution in [2.24, 2.45) is 0 Å². The lowest BCUT2D eigenvalue weighted by Crippen LogP contribution is -2.29. The first-order valence-electron chi connectivity index (χ1n) is 5.54. The monoisotopic (exact) mass is 269 g/mol. The minimum atomic E-state index is 0.400. The fourth-order valence-electron chi connectivity index (χ4n) is 1.78. The highest BCUT2D eigenvalue weighted by Gasteiger charge is 2.12. The Hall–Kier alpha value is -0.840.